The maximum Gasteiger partial charge on any atom is 0.263 e. The molecule has 0 aromatic carbocycles. The molecule has 1 saturated heterocycles. The van der Waals surface area contributed by atoms with E-state index >= 15 is 0 Å². The number of carbonyl (C=O) groups is 1. The Morgan fingerprint density at radius 3 is 3.05 bits per heavy atom. The molecule has 0 radical (unpaired) electrons. The summed E-state index contributed by atoms with van der Waals surface area (Å²) in [5.74, 6) is -0.167. The number of amides is 1. The van der Waals surface area contributed by atoms with Crippen molar-refractivity contribution in [3.05, 3.63) is 10.6 Å². The van der Waals surface area contributed by atoms with Crippen LogP contribution < -0.4 is 16.0 Å². The maximum atomic E-state index is 12.1. The number of nitrogens with one attached hydrogen (secondary N) is 3. The van der Waals surface area contributed by atoms with E-state index in [0.717, 1.165) is 23.9 Å². The van der Waals surface area contributed by atoms with Crippen molar-refractivity contribution in [2.24, 2.45) is 0 Å². The van der Waals surface area contributed by atoms with E-state index in [-0.39, 0.29) is 12.5 Å². The summed E-state index contributed by atoms with van der Waals surface area (Å²) in [6.45, 7) is 6.16. The van der Waals surface area contributed by atoms with Crippen LogP contribution in [0.5, 0.6) is 0 Å². The summed E-state index contributed by atoms with van der Waals surface area (Å²) >= 11 is 1.34. The van der Waals surface area contributed by atoms with Crippen LogP contribution >= 0.6 is 11.3 Å². The molecule has 19 heavy (non-hydrogen) atoms. The molecule has 6 nitrogen and oxygen atoms in total. The predicted octanol–water partition coefficient (Wildman–Crippen LogP) is 0.338. The van der Waals surface area contributed by atoms with E-state index in [9.17, 15) is 9.90 Å². The number of hydrogen-bond donors (Lipinski definition) is 4. The molecule has 0 aliphatic carbocycles. The Kier molecular flexibility index (Phi) is 4.38. The third-order valence-electron chi connectivity index (χ3n) is 3.13. The second-order valence-corrected chi connectivity index (χ2v) is 5.80. The topological polar surface area (TPSA) is 86.3 Å². The smallest absolute Gasteiger partial charge is 0.263 e. The first-order valence-electron chi connectivity index (χ1n) is 6.47. The summed E-state index contributed by atoms with van der Waals surface area (Å²) in [7, 11) is 0. The molecular weight excluding hydrogens is 264 g/mol. The van der Waals surface area contributed by atoms with Gasteiger partial charge in [-0.15, -0.1) is 0 Å². The van der Waals surface area contributed by atoms with E-state index in [1.165, 1.54) is 11.3 Å². The SMILES string of the molecule is CCNc1nc(C)c(C(=O)NC[C@]2(O)CCNC2)s1. The standard InChI is InChI=1S/C12H20N4O2S/c1-3-14-11-16-8(2)9(19-11)10(17)15-7-12(18)4-5-13-6-12/h13,18H,3-7H2,1-2H3,(H,14,16)(H,15,17)/t12-/m0/s1. The fraction of sp³-hybridized carbons (Fsp3) is 0.667. The highest BCUT2D eigenvalue weighted by atomic mass is 32.1. The van der Waals surface area contributed by atoms with Gasteiger partial charge in [0.1, 0.15) is 4.88 Å². The van der Waals surface area contributed by atoms with Gasteiger partial charge in [-0.3, -0.25) is 4.79 Å². The minimum atomic E-state index is -0.821. The van der Waals surface area contributed by atoms with Crippen LogP contribution in [0.1, 0.15) is 28.7 Å². The monoisotopic (exact) mass is 284 g/mol. The van der Waals surface area contributed by atoms with Crippen LogP contribution in [-0.2, 0) is 0 Å². The van der Waals surface area contributed by atoms with E-state index in [1.54, 1.807) is 0 Å². The number of anilines is 1. The Balaban J connectivity index is 1.95. The summed E-state index contributed by atoms with van der Waals surface area (Å²) in [6, 6.07) is 0. The molecule has 1 amide bonds. The Hall–Kier alpha value is -1.18. The molecule has 2 rings (SSSR count). The zero-order valence-electron chi connectivity index (χ0n) is 11.2. The van der Waals surface area contributed by atoms with Crippen molar-refractivity contribution in [1.29, 1.82) is 0 Å². The average Bonchev–Trinajstić information content (AvgIpc) is 2.94. The fourth-order valence-electron chi connectivity index (χ4n) is 2.04. The molecule has 2 heterocycles. The first-order chi connectivity index (χ1) is 9.04. The summed E-state index contributed by atoms with van der Waals surface area (Å²) in [4.78, 5) is 17.0. The molecule has 1 fully saturated rings. The van der Waals surface area contributed by atoms with Gasteiger partial charge in [-0.1, -0.05) is 11.3 Å². The first-order valence-corrected chi connectivity index (χ1v) is 7.28. The third-order valence-corrected chi connectivity index (χ3v) is 4.24. The summed E-state index contributed by atoms with van der Waals surface area (Å²) < 4.78 is 0. The van der Waals surface area contributed by atoms with Gasteiger partial charge in [-0.05, 0) is 26.8 Å². The molecule has 0 spiro atoms. The van der Waals surface area contributed by atoms with Gasteiger partial charge in [-0.25, -0.2) is 4.98 Å². The zero-order chi connectivity index (χ0) is 13.9. The third kappa shape index (κ3) is 3.43. The van der Waals surface area contributed by atoms with E-state index in [1.807, 2.05) is 13.8 Å². The van der Waals surface area contributed by atoms with Gasteiger partial charge in [0.25, 0.3) is 5.91 Å². The van der Waals surface area contributed by atoms with Crippen LogP contribution in [0.3, 0.4) is 0 Å². The van der Waals surface area contributed by atoms with Crippen LogP contribution in [0, 0.1) is 6.92 Å². The van der Waals surface area contributed by atoms with Crippen molar-refractivity contribution < 1.29 is 9.90 Å². The lowest BCUT2D eigenvalue weighted by Gasteiger charge is -2.21. The lowest BCUT2D eigenvalue weighted by molar-refractivity contribution is 0.0563. The lowest BCUT2D eigenvalue weighted by atomic mass is 10.0. The highest BCUT2D eigenvalue weighted by molar-refractivity contribution is 7.17. The number of aliphatic hydroxyl groups is 1. The van der Waals surface area contributed by atoms with Crippen molar-refractivity contribution in [3.8, 4) is 0 Å². The molecule has 1 aromatic rings. The van der Waals surface area contributed by atoms with Crippen molar-refractivity contribution >= 4 is 22.4 Å². The molecule has 7 heteroatoms. The van der Waals surface area contributed by atoms with Gasteiger partial charge in [0.05, 0.1) is 11.3 Å². The second kappa shape index (κ2) is 5.85. The molecule has 0 unspecified atom stereocenters. The molecular formula is C12H20N4O2S. The van der Waals surface area contributed by atoms with Crippen molar-refractivity contribution in [2.45, 2.75) is 25.9 Å². The summed E-state index contributed by atoms with van der Waals surface area (Å²) in [6.07, 6.45) is 0.664. The number of nitrogens with zero attached hydrogens (tertiary/aromatic N) is 1. The molecule has 4 N–H and O–H groups in total. The average molecular weight is 284 g/mol. The minimum Gasteiger partial charge on any atom is -0.387 e. The number of aryl methyl sites for hydroxylation is 1. The van der Waals surface area contributed by atoms with Crippen LogP contribution in [0.2, 0.25) is 0 Å². The number of thiazole rings is 1. The van der Waals surface area contributed by atoms with Crippen molar-refractivity contribution in [1.82, 2.24) is 15.6 Å². The minimum absolute atomic E-state index is 0.167. The Morgan fingerprint density at radius 2 is 2.42 bits per heavy atom. The second-order valence-electron chi connectivity index (χ2n) is 4.80. The predicted molar refractivity (Wildman–Crippen MR) is 75.8 cm³/mol. The van der Waals surface area contributed by atoms with Gasteiger partial charge in [0, 0.05) is 19.6 Å². The Morgan fingerprint density at radius 1 is 1.63 bits per heavy atom. The van der Waals surface area contributed by atoms with Crippen LogP contribution in [0.25, 0.3) is 0 Å². The number of aromatic nitrogens is 1. The number of β-amino-alcohol motifs (C(OH)–C–C–N with tert-alkyl or cyclic N) is 1. The number of hydrogen-bond acceptors (Lipinski definition) is 6. The summed E-state index contributed by atoms with van der Waals surface area (Å²) in [5.41, 5.74) is -0.103. The maximum absolute atomic E-state index is 12.1. The highest BCUT2D eigenvalue weighted by Gasteiger charge is 2.31. The lowest BCUT2D eigenvalue weighted by Crippen LogP contribution is -2.44. The molecule has 0 bridgehead atoms. The largest absolute Gasteiger partial charge is 0.387 e. The fourth-order valence-corrected chi connectivity index (χ4v) is 2.99. The first kappa shape index (κ1) is 14.2. The van der Waals surface area contributed by atoms with Crippen LogP contribution in [-0.4, -0.2) is 47.8 Å². The van der Waals surface area contributed by atoms with Gasteiger partial charge in [0.15, 0.2) is 5.13 Å². The Bertz CT molecular complexity index is 455. The molecule has 1 aliphatic rings. The molecule has 1 aliphatic heterocycles. The van der Waals surface area contributed by atoms with Gasteiger partial charge >= 0.3 is 0 Å². The van der Waals surface area contributed by atoms with Gasteiger partial charge < -0.3 is 21.1 Å². The quantitative estimate of drug-likeness (QED) is 0.626. The van der Waals surface area contributed by atoms with E-state index in [0.29, 0.717) is 17.8 Å². The molecule has 1 aromatic heterocycles. The van der Waals surface area contributed by atoms with Crippen LogP contribution in [0.4, 0.5) is 5.13 Å². The van der Waals surface area contributed by atoms with Crippen LogP contribution in [0.15, 0.2) is 0 Å². The zero-order valence-corrected chi connectivity index (χ0v) is 12.1. The van der Waals surface area contributed by atoms with Gasteiger partial charge in [-0.2, -0.15) is 0 Å². The highest BCUT2D eigenvalue weighted by Crippen LogP contribution is 2.22. The van der Waals surface area contributed by atoms with Crippen molar-refractivity contribution in [3.63, 3.8) is 0 Å². The normalized spacial score (nSPS) is 22.5. The van der Waals surface area contributed by atoms with Crippen molar-refractivity contribution in [2.75, 3.05) is 31.5 Å². The number of carbonyl (C=O) groups excluding carboxylic acids is 1. The molecule has 0 saturated carbocycles. The number of rotatable bonds is 5. The molecule has 1 atom stereocenters. The van der Waals surface area contributed by atoms with E-state index < -0.39 is 5.60 Å². The molecule has 106 valence electrons. The summed E-state index contributed by atoms with van der Waals surface area (Å²) in [5, 5.41) is 19.9. The van der Waals surface area contributed by atoms with E-state index in [2.05, 4.69) is 20.9 Å². The van der Waals surface area contributed by atoms with E-state index in [4.69, 9.17) is 0 Å². The Labute approximate surface area is 116 Å². The van der Waals surface area contributed by atoms with Gasteiger partial charge in [0.2, 0.25) is 0 Å².